The summed E-state index contributed by atoms with van der Waals surface area (Å²) in [6.45, 7) is 0.275. The van der Waals surface area contributed by atoms with Gasteiger partial charge in [0.05, 0.1) is 6.61 Å². The van der Waals surface area contributed by atoms with Crippen molar-refractivity contribution in [2.24, 2.45) is 0 Å². The zero-order valence-electron chi connectivity index (χ0n) is 4.99. The number of rotatable bonds is 1. The number of hydrogen-bond acceptors (Lipinski definition) is 4. The predicted molar refractivity (Wildman–Crippen MR) is 28.7 cm³/mol. The Morgan fingerprint density at radius 2 is 2.22 bits per heavy atom. The van der Waals surface area contributed by atoms with E-state index in [0.29, 0.717) is 12.8 Å². The minimum atomic E-state index is -0.670. The first-order valence-electron chi connectivity index (χ1n) is 2.93. The summed E-state index contributed by atoms with van der Waals surface area (Å²) in [4.78, 5) is 4.00. The maximum absolute atomic E-state index is 8.76. The van der Waals surface area contributed by atoms with E-state index in [4.69, 9.17) is 15.1 Å². The highest BCUT2D eigenvalue weighted by atomic mass is 17.1. The zero-order valence-corrected chi connectivity index (χ0v) is 4.99. The molecule has 1 aliphatic heterocycles. The molecule has 1 aliphatic rings. The minimum absolute atomic E-state index is 0.256. The van der Waals surface area contributed by atoms with E-state index in [9.17, 15) is 0 Å². The van der Waals surface area contributed by atoms with Gasteiger partial charge in [0.15, 0.2) is 6.29 Å². The van der Waals surface area contributed by atoms with Crippen LogP contribution in [0.1, 0.15) is 12.8 Å². The highest BCUT2D eigenvalue weighted by molar-refractivity contribution is 4.62. The van der Waals surface area contributed by atoms with Crippen molar-refractivity contribution in [2.75, 3.05) is 6.61 Å². The molecule has 4 nitrogen and oxygen atoms in total. The van der Waals surface area contributed by atoms with Crippen LogP contribution >= 0.6 is 0 Å². The van der Waals surface area contributed by atoms with E-state index in [1.165, 1.54) is 0 Å². The molecule has 2 atom stereocenters. The van der Waals surface area contributed by atoms with Crippen molar-refractivity contribution >= 4 is 0 Å². The molecule has 0 amide bonds. The van der Waals surface area contributed by atoms with Crippen LogP contribution in [0.4, 0.5) is 0 Å². The maximum atomic E-state index is 8.76. The Hall–Kier alpha value is -0.160. The van der Waals surface area contributed by atoms with Crippen LogP contribution in [0.15, 0.2) is 0 Å². The summed E-state index contributed by atoms with van der Waals surface area (Å²) in [5.74, 6) is 0. The van der Waals surface area contributed by atoms with Crippen LogP contribution in [-0.2, 0) is 9.62 Å². The smallest absolute Gasteiger partial charge is 0.154 e. The number of aliphatic hydroxyl groups is 1. The normalized spacial score (nSPS) is 36.7. The second kappa shape index (κ2) is 3.12. The SMILES string of the molecule is OOC1CCC(O)OC1. The molecule has 2 N–H and O–H groups in total. The molecule has 0 radical (unpaired) electrons. The highest BCUT2D eigenvalue weighted by Gasteiger charge is 2.19. The maximum Gasteiger partial charge on any atom is 0.154 e. The van der Waals surface area contributed by atoms with Crippen LogP contribution in [0.2, 0.25) is 0 Å². The zero-order chi connectivity index (χ0) is 6.69. The topological polar surface area (TPSA) is 58.9 Å². The minimum Gasteiger partial charge on any atom is -0.368 e. The second-order valence-corrected chi connectivity index (χ2v) is 2.09. The van der Waals surface area contributed by atoms with Gasteiger partial charge < -0.3 is 9.84 Å². The van der Waals surface area contributed by atoms with Gasteiger partial charge in [-0.3, -0.25) is 5.26 Å². The lowest BCUT2D eigenvalue weighted by Gasteiger charge is -2.22. The third-order valence-electron chi connectivity index (χ3n) is 1.36. The fourth-order valence-electron chi connectivity index (χ4n) is 0.797. The molecule has 0 spiro atoms. The summed E-state index contributed by atoms with van der Waals surface area (Å²) in [5.41, 5.74) is 0. The lowest BCUT2D eigenvalue weighted by Crippen LogP contribution is -2.30. The Morgan fingerprint density at radius 3 is 2.67 bits per heavy atom. The van der Waals surface area contributed by atoms with Crippen molar-refractivity contribution in [2.45, 2.75) is 25.2 Å². The first-order chi connectivity index (χ1) is 4.33. The second-order valence-electron chi connectivity index (χ2n) is 2.09. The molecule has 2 unspecified atom stereocenters. The molecule has 1 heterocycles. The fraction of sp³-hybridized carbons (Fsp3) is 1.00. The summed E-state index contributed by atoms with van der Waals surface area (Å²) in [6, 6.07) is 0. The standard InChI is InChI=1S/C5H10O4/c6-5-2-1-4(9-7)3-8-5/h4-7H,1-3H2. The van der Waals surface area contributed by atoms with E-state index < -0.39 is 6.29 Å². The van der Waals surface area contributed by atoms with E-state index in [0.717, 1.165) is 0 Å². The molecule has 1 saturated heterocycles. The van der Waals surface area contributed by atoms with Crippen molar-refractivity contribution in [3.63, 3.8) is 0 Å². The van der Waals surface area contributed by atoms with Crippen LogP contribution in [0.3, 0.4) is 0 Å². The van der Waals surface area contributed by atoms with E-state index >= 15 is 0 Å². The van der Waals surface area contributed by atoms with E-state index in [-0.39, 0.29) is 12.7 Å². The Labute approximate surface area is 52.9 Å². The van der Waals surface area contributed by atoms with Gasteiger partial charge in [-0.15, -0.1) is 0 Å². The van der Waals surface area contributed by atoms with Gasteiger partial charge in [-0.05, 0) is 6.42 Å². The molecule has 4 heteroatoms. The molecule has 54 valence electrons. The van der Waals surface area contributed by atoms with E-state index in [2.05, 4.69) is 4.89 Å². The van der Waals surface area contributed by atoms with Crippen LogP contribution in [0.5, 0.6) is 0 Å². The van der Waals surface area contributed by atoms with Gasteiger partial charge in [-0.25, -0.2) is 4.89 Å². The number of hydrogen-bond donors (Lipinski definition) is 2. The number of aliphatic hydroxyl groups excluding tert-OH is 1. The highest BCUT2D eigenvalue weighted by Crippen LogP contribution is 2.12. The molecule has 9 heavy (non-hydrogen) atoms. The van der Waals surface area contributed by atoms with Gasteiger partial charge in [0.2, 0.25) is 0 Å². The molecule has 1 fully saturated rings. The van der Waals surface area contributed by atoms with E-state index in [1.807, 2.05) is 0 Å². The summed E-state index contributed by atoms with van der Waals surface area (Å²) in [5, 5.41) is 16.9. The average molecular weight is 134 g/mol. The molecule has 0 aromatic carbocycles. The van der Waals surface area contributed by atoms with Gasteiger partial charge in [0.1, 0.15) is 6.10 Å². The van der Waals surface area contributed by atoms with Crippen molar-refractivity contribution in [3.05, 3.63) is 0 Å². The van der Waals surface area contributed by atoms with E-state index in [1.54, 1.807) is 0 Å². The van der Waals surface area contributed by atoms with Crippen LogP contribution in [0, 0.1) is 0 Å². The molecule has 0 aliphatic carbocycles. The molecule has 0 bridgehead atoms. The molecular formula is C5H10O4. The molecule has 1 rings (SSSR count). The first-order valence-corrected chi connectivity index (χ1v) is 2.93. The summed E-state index contributed by atoms with van der Waals surface area (Å²) in [7, 11) is 0. The number of ether oxygens (including phenoxy) is 1. The molecule has 0 aromatic rings. The summed E-state index contributed by atoms with van der Waals surface area (Å²) < 4.78 is 4.75. The van der Waals surface area contributed by atoms with Gasteiger partial charge in [-0.1, -0.05) is 0 Å². The molecule has 0 aromatic heterocycles. The first kappa shape index (κ1) is 6.95. The Bertz CT molecular complexity index is 77.0. The Kier molecular flexibility index (Phi) is 2.41. The lowest BCUT2D eigenvalue weighted by molar-refractivity contribution is -0.308. The van der Waals surface area contributed by atoms with Crippen LogP contribution in [0.25, 0.3) is 0 Å². The van der Waals surface area contributed by atoms with Gasteiger partial charge in [0.25, 0.3) is 0 Å². The quantitative estimate of drug-likeness (QED) is 0.390. The van der Waals surface area contributed by atoms with Gasteiger partial charge in [0, 0.05) is 6.42 Å². The van der Waals surface area contributed by atoms with Crippen molar-refractivity contribution < 1.29 is 20.0 Å². The van der Waals surface area contributed by atoms with Crippen molar-refractivity contribution in [1.29, 1.82) is 0 Å². The third-order valence-corrected chi connectivity index (χ3v) is 1.36. The van der Waals surface area contributed by atoms with Crippen molar-refractivity contribution in [3.8, 4) is 0 Å². The average Bonchev–Trinajstić information content (AvgIpc) is 1.90. The summed E-state index contributed by atoms with van der Waals surface area (Å²) in [6.07, 6.45) is 0.257. The van der Waals surface area contributed by atoms with Gasteiger partial charge >= 0.3 is 0 Å². The third kappa shape index (κ3) is 1.91. The predicted octanol–water partition coefficient (Wildman–Crippen LogP) is -0.0266. The fourth-order valence-corrected chi connectivity index (χ4v) is 0.797. The largest absolute Gasteiger partial charge is 0.368 e. The molecule has 0 saturated carbocycles. The lowest BCUT2D eigenvalue weighted by atomic mass is 10.1. The Morgan fingerprint density at radius 1 is 1.44 bits per heavy atom. The summed E-state index contributed by atoms with van der Waals surface area (Å²) >= 11 is 0. The monoisotopic (exact) mass is 134 g/mol. The van der Waals surface area contributed by atoms with Crippen molar-refractivity contribution in [1.82, 2.24) is 0 Å². The Balaban J connectivity index is 2.18. The van der Waals surface area contributed by atoms with Crippen LogP contribution < -0.4 is 0 Å². The van der Waals surface area contributed by atoms with Crippen LogP contribution in [-0.4, -0.2) is 29.4 Å². The van der Waals surface area contributed by atoms with Gasteiger partial charge in [-0.2, -0.15) is 0 Å². The molecular weight excluding hydrogens is 124 g/mol.